The lowest BCUT2D eigenvalue weighted by Gasteiger charge is -2.23. The number of hydrogen-bond acceptors (Lipinski definition) is 6. The number of hydrogen-bond donors (Lipinski definition) is 0. The van der Waals surface area contributed by atoms with Gasteiger partial charge in [-0.25, -0.2) is 9.59 Å². The number of halogens is 2. The number of carbonyl (C=O) groups is 2. The van der Waals surface area contributed by atoms with Crippen molar-refractivity contribution in [3.63, 3.8) is 0 Å². The predicted molar refractivity (Wildman–Crippen MR) is 104 cm³/mol. The Hall–Kier alpha value is 0.580. The molecule has 0 aliphatic heterocycles. The van der Waals surface area contributed by atoms with Gasteiger partial charge in [-0.15, -0.1) is 13.2 Å². The summed E-state index contributed by atoms with van der Waals surface area (Å²) in [6.07, 6.45) is 2.38. The SMILES string of the molecule is C=CCSC(=O)O[C@@H](CI)[C@@H](CI)OC(=O)SCC=C. The monoisotopic (exact) mass is 542 g/mol. The first-order valence-electron chi connectivity index (χ1n) is 5.59. The first-order chi connectivity index (χ1) is 9.58. The van der Waals surface area contributed by atoms with Crippen molar-refractivity contribution in [1.29, 1.82) is 0 Å². The standard InChI is InChI=1S/C12H16I2O4S2/c1-3-5-19-11(15)17-9(7-13)10(8-14)18-12(16)20-6-4-2/h3-4,9-10H,1-2,5-8H2/t9-,10+. The van der Waals surface area contributed by atoms with Crippen LogP contribution in [-0.4, -0.2) is 43.2 Å². The van der Waals surface area contributed by atoms with E-state index in [1.807, 2.05) is 0 Å². The maximum Gasteiger partial charge on any atom is 0.368 e. The van der Waals surface area contributed by atoms with Gasteiger partial charge in [0.05, 0.1) is 0 Å². The molecule has 0 heterocycles. The highest BCUT2D eigenvalue weighted by Crippen LogP contribution is 2.18. The Labute approximate surface area is 155 Å². The molecule has 0 radical (unpaired) electrons. The van der Waals surface area contributed by atoms with Crippen LogP contribution in [0.5, 0.6) is 0 Å². The summed E-state index contributed by atoms with van der Waals surface area (Å²) < 4.78 is 11.8. The van der Waals surface area contributed by atoms with Crippen molar-refractivity contribution in [2.45, 2.75) is 12.2 Å². The fraction of sp³-hybridized carbons (Fsp3) is 0.500. The van der Waals surface area contributed by atoms with Gasteiger partial charge in [0.2, 0.25) is 0 Å². The van der Waals surface area contributed by atoms with E-state index >= 15 is 0 Å². The van der Waals surface area contributed by atoms with Crippen molar-refractivity contribution in [3.8, 4) is 0 Å². The van der Waals surface area contributed by atoms with Crippen molar-refractivity contribution in [1.82, 2.24) is 0 Å². The van der Waals surface area contributed by atoms with Gasteiger partial charge in [0, 0.05) is 20.4 Å². The van der Waals surface area contributed by atoms with E-state index in [0.29, 0.717) is 20.4 Å². The molecule has 0 aromatic carbocycles. The molecule has 114 valence electrons. The van der Waals surface area contributed by atoms with Crippen LogP contribution < -0.4 is 0 Å². The largest absolute Gasteiger partial charge is 0.449 e. The lowest BCUT2D eigenvalue weighted by Crippen LogP contribution is -2.36. The van der Waals surface area contributed by atoms with Gasteiger partial charge in [0.25, 0.3) is 0 Å². The molecule has 0 amide bonds. The first-order valence-corrected chi connectivity index (χ1v) is 10.6. The van der Waals surface area contributed by atoms with Gasteiger partial charge in [0.15, 0.2) is 0 Å². The third-order valence-corrected chi connectivity index (χ3v) is 5.06. The van der Waals surface area contributed by atoms with Gasteiger partial charge in [-0.05, 0) is 23.5 Å². The smallest absolute Gasteiger partial charge is 0.368 e. The minimum absolute atomic E-state index is 0.379. The van der Waals surface area contributed by atoms with E-state index in [1.165, 1.54) is 0 Å². The molecule has 0 rings (SSSR count). The van der Waals surface area contributed by atoms with Crippen LogP contribution in [0.4, 0.5) is 9.59 Å². The highest BCUT2D eigenvalue weighted by Gasteiger charge is 2.27. The van der Waals surface area contributed by atoms with Gasteiger partial charge < -0.3 is 9.47 Å². The molecule has 0 aliphatic carbocycles. The molecule has 0 spiro atoms. The van der Waals surface area contributed by atoms with Crippen LogP contribution in [0.15, 0.2) is 25.3 Å². The van der Waals surface area contributed by atoms with Crippen molar-refractivity contribution < 1.29 is 19.1 Å². The zero-order valence-corrected chi connectivity index (χ0v) is 16.7. The van der Waals surface area contributed by atoms with Crippen molar-refractivity contribution in [3.05, 3.63) is 25.3 Å². The molecule has 0 unspecified atom stereocenters. The molecule has 8 heteroatoms. The Balaban J connectivity index is 4.40. The van der Waals surface area contributed by atoms with Gasteiger partial charge >= 0.3 is 10.6 Å². The molecule has 0 N–H and O–H groups in total. The maximum absolute atomic E-state index is 11.6. The number of rotatable bonds is 9. The fourth-order valence-electron chi connectivity index (χ4n) is 0.983. The van der Waals surface area contributed by atoms with Crippen molar-refractivity contribution in [2.75, 3.05) is 20.4 Å². The van der Waals surface area contributed by atoms with E-state index in [4.69, 9.17) is 9.47 Å². The van der Waals surface area contributed by atoms with Crippen molar-refractivity contribution in [2.24, 2.45) is 0 Å². The summed E-state index contributed by atoms with van der Waals surface area (Å²) in [5, 5.41) is -0.757. The summed E-state index contributed by atoms with van der Waals surface area (Å²) in [6, 6.07) is 0. The summed E-state index contributed by atoms with van der Waals surface area (Å²) in [5.41, 5.74) is 0. The summed E-state index contributed by atoms with van der Waals surface area (Å²) in [5.74, 6) is 0.993. The second-order valence-corrected chi connectivity index (χ2v) is 6.99. The third-order valence-electron chi connectivity index (χ3n) is 1.85. The average Bonchev–Trinajstić information content (AvgIpc) is 2.46. The Kier molecular flexibility index (Phi) is 13.6. The third kappa shape index (κ3) is 9.50. The summed E-state index contributed by atoms with van der Waals surface area (Å²) in [7, 11) is 0. The fourth-order valence-corrected chi connectivity index (χ4v) is 3.37. The average molecular weight is 542 g/mol. The number of carbonyl (C=O) groups excluding carboxylic acids is 2. The molecule has 4 nitrogen and oxygen atoms in total. The second-order valence-electron chi connectivity index (χ2n) is 3.32. The zero-order chi connectivity index (χ0) is 15.4. The number of thioether (sulfide) groups is 2. The van der Waals surface area contributed by atoms with Crippen LogP contribution >= 0.6 is 68.7 Å². The van der Waals surface area contributed by atoms with E-state index in [-0.39, 0.29) is 10.6 Å². The van der Waals surface area contributed by atoms with Crippen LogP contribution in [0.25, 0.3) is 0 Å². The lowest BCUT2D eigenvalue weighted by atomic mass is 10.2. The Bertz CT molecular complexity index is 307. The van der Waals surface area contributed by atoms with E-state index in [1.54, 1.807) is 12.2 Å². The van der Waals surface area contributed by atoms with E-state index in [0.717, 1.165) is 23.5 Å². The quantitative estimate of drug-likeness (QED) is 0.182. The zero-order valence-electron chi connectivity index (χ0n) is 10.8. The summed E-state index contributed by atoms with van der Waals surface area (Å²) in [4.78, 5) is 23.2. The predicted octanol–water partition coefficient (Wildman–Crippen LogP) is 4.71. The van der Waals surface area contributed by atoms with E-state index in [9.17, 15) is 9.59 Å². The molecule has 20 heavy (non-hydrogen) atoms. The minimum atomic E-state index is -0.439. The second kappa shape index (κ2) is 13.3. The summed E-state index contributed by atoms with van der Waals surface area (Å²) in [6.45, 7) is 7.08. The molecule has 0 aliphatic rings. The highest BCUT2D eigenvalue weighted by atomic mass is 127. The molecule has 0 saturated heterocycles. The maximum atomic E-state index is 11.6. The number of alkyl halides is 2. The van der Waals surface area contributed by atoms with Gasteiger partial charge in [-0.3, -0.25) is 0 Å². The Morgan fingerprint density at radius 1 is 0.950 bits per heavy atom. The highest BCUT2D eigenvalue weighted by molar-refractivity contribution is 14.1. The number of ether oxygens (including phenoxy) is 2. The van der Waals surface area contributed by atoms with Gasteiger partial charge in [-0.2, -0.15) is 0 Å². The van der Waals surface area contributed by atoms with E-state index < -0.39 is 12.2 Å². The van der Waals surface area contributed by atoms with Crippen LogP contribution in [0.1, 0.15) is 0 Å². The molecule has 0 fully saturated rings. The molecule has 0 bridgehead atoms. The van der Waals surface area contributed by atoms with Crippen LogP contribution in [0.3, 0.4) is 0 Å². The molecule has 0 saturated carbocycles. The molecular weight excluding hydrogens is 526 g/mol. The van der Waals surface area contributed by atoms with Crippen molar-refractivity contribution >= 4 is 79.3 Å². The normalized spacial score (nSPS) is 13.1. The summed E-state index contributed by atoms with van der Waals surface area (Å²) >= 11 is 6.29. The topological polar surface area (TPSA) is 52.6 Å². The van der Waals surface area contributed by atoms with Gasteiger partial charge in [-0.1, -0.05) is 57.3 Å². The van der Waals surface area contributed by atoms with Gasteiger partial charge in [0.1, 0.15) is 12.2 Å². The van der Waals surface area contributed by atoms with Crippen LogP contribution in [0.2, 0.25) is 0 Å². The Morgan fingerprint density at radius 2 is 1.30 bits per heavy atom. The van der Waals surface area contributed by atoms with Crippen LogP contribution in [-0.2, 0) is 9.47 Å². The molecule has 2 atom stereocenters. The molecular formula is C12H16I2O4S2. The Morgan fingerprint density at radius 3 is 1.55 bits per heavy atom. The lowest BCUT2D eigenvalue weighted by molar-refractivity contribution is 0.0352. The first kappa shape index (κ1) is 20.6. The molecule has 0 aromatic heterocycles. The van der Waals surface area contributed by atoms with E-state index in [2.05, 4.69) is 58.3 Å². The minimum Gasteiger partial charge on any atom is -0.449 e. The molecule has 0 aromatic rings. The van der Waals surface area contributed by atoms with Crippen LogP contribution in [0, 0.1) is 0 Å².